The lowest BCUT2D eigenvalue weighted by Gasteiger charge is -2.23. The Hall–Kier alpha value is -1.60. The third-order valence-electron chi connectivity index (χ3n) is 5.18. The van der Waals surface area contributed by atoms with Crippen LogP contribution in [0.3, 0.4) is 0 Å². The van der Waals surface area contributed by atoms with Crippen LogP contribution >= 0.6 is 0 Å². The van der Waals surface area contributed by atoms with Crippen LogP contribution in [-0.4, -0.2) is 11.2 Å². The van der Waals surface area contributed by atoms with Crippen LogP contribution in [0.5, 0.6) is 0 Å². The second-order valence-corrected chi connectivity index (χ2v) is 6.38. The molecule has 2 fully saturated rings. The first-order valence-electron chi connectivity index (χ1n) is 7.60. The molecule has 1 heteroatoms. The van der Waals surface area contributed by atoms with Gasteiger partial charge in [0.05, 0.1) is 6.10 Å². The van der Waals surface area contributed by atoms with Gasteiger partial charge in [0.1, 0.15) is 0 Å². The maximum atomic E-state index is 10.9. The SMILES string of the molecule is OC(C1CC1c1ccccc1)C1(c2ccccc2)CC1. The maximum absolute atomic E-state index is 10.9. The highest BCUT2D eigenvalue weighted by Gasteiger charge is 2.58. The van der Waals surface area contributed by atoms with Gasteiger partial charge in [0.2, 0.25) is 0 Å². The zero-order valence-corrected chi connectivity index (χ0v) is 11.6. The first-order chi connectivity index (χ1) is 9.81. The third kappa shape index (κ3) is 1.89. The molecule has 0 spiro atoms. The number of aliphatic hydroxyl groups is 1. The van der Waals surface area contributed by atoms with Crippen LogP contribution in [0.2, 0.25) is 0 Å². The lowest BCUT2D eigenvalue weighted by molar-refractivity contribution is 0.107. The predicted molar refractivity (Wildman–Crippen MR) is 80.7 cm³/mol. The molecule has 2 aromatic carbocycles. The summed E-state index contributed by atoms with van der Waals surface area (Å²) in [6.07, 6.45) is 3.22. The number of hydrogen-bond acceptors (Lipinski definition) is 1. The number of hydrogen-bond donors (Lipinski definition) is 1. The molecule has 1 nitrogen and oxygen atoms in total. The highest BCUT2D eigenvalue weighted by Crippen LogP contribution is 2.60. The van der Waals surface area contributed by atoms with E-state index in [1.54, 1.807) is 0 Å². The van der Waals surface area contributed by atoms with E-state index in [1.165, 1.54) is 11.1 Å². The van der Waals surface area contributed by atoms with Crippen molar-refractivity contribution in [3.05, 3.63) is 71.8 Å². The Balaban J connectivity index is 1.54. The van der Waals surface area contributed by atoms with Gasteiger partial charge in [0.15, 0.2) is 0 Å². The van der Waals surface area contributed by atoms with Crippen molar-refractivity contribution in [2.24, 2.45) is 5.92 Å². The van der Waals surface area contributed by atoms with Crippen LogP contribution in [-0.2, 0) is 5.41 Å². The van der Waals surface area contributed by atoms with Gasteiger partial charge in [-0.3, -0.25) is 0 Å². The third-order valence-corrected chi connectivity index (χ3v) is 5.18. The van der Waals surface area contributed by atoms with Gasteiger partial charge in [-0.2, -0.15) is 0 Å². The molecule has 3 atom stereocenters. The summed E-state index contributed by atoms with van der Waals surface area (Å²) in [7, 11) is 0. The summed E-state index contributed by atoms with van der Waals surface area (Å²) in [6, 6.07) is 21.2. The molecular formula is C19H20O. The molecule has 2 aromatic rings. The second kappa shape index (κ2) is 4.46. The Kier molecular flexibility index (Phi) is 2.71. The van der Waals surface area contributed by atoms with Crippen molar-refractivity contribution < 1.29 is 5.11 Å². The van der Waals surface area contributed by atoms with Crippen molar-refractivity contribution in [3.8, 4) is 0 Å². The van der Waals surface area contributed by atoms with E-state index >= 15 is 0 Å². The van der Waals surface area contributed by atoms with E-state index in [0.717, 1.165) is 19.3 Å². The van der Waals surface area contributed by atoms with E-state index in [4.69, 9.17) is 0 Å². The molecule has 0 bridgehead atoms. The van der Waals surface area contributed by atoms with Gasteiger partial charge in [-0.15, -0.1) is 0 Å². The summed E-state index contributed by atoms with van der Waals surface area (Å²) in [6.45, 7) is 0. The summed E-state index contributed by atoms with van der Waals surface area (Å²) in [5.74, 6) is 1.01. The maximum Gasteiger partial charge on any atom is 0.0670 e. The molecular weight excluding hydrogens is 244 g/mol. The van der Waals surface area contributed by atoms with Gasteiger partial charge in [-0.1, -0.05) is 60.7 Å². The summed E-state index contributed by atoms with van der Waals surface area (Å²) in [5, 5.41) is 10.9. The van der Waals surface area contributed by atoms with Crippen molar-refractivity contribution in [1.29, 1.82) is 0 Å². The smallest absolute Gasteiger partial charge is 0.0670 e. The molecule has 2 aliphatic rings. The van der Waals surface area contributed by atoms with Crippen molar-refractivity contribution in [1.82, 2.24) is 0 Å². The van der Waals surface area contributed by atoms with Gasteiger partial charge in [-0.25, -0.2) is 0 Å². The summed E-state index contributed by atoms with van der Waals surface area (Å²) < 4.78 is 0. The van der Waals surface area contributed by atoms with Crippen LogP contribution in [0.25, 0.3) is 0 Å². The molecule has 0 aromatic heterocycles. The molecule has 3 unspecified atom stereocenters. The Morgan fingerprint density at radius 3 is 2.10 bits per heavy atom. The molecule has 0 saturated heterocycles. The molecule has 0 heterocycles. The Morgan fingerprint density at radius 1 is 0.900 bits per heavy atom. The summed E-state index contributed by atoms with van der Waals surface area (Å²) in [5.41, 5.74) is 2.77. The minimum Gasteiger partial charge on any atom is -0.392 e. The normalized spacial score (nSPS) is 27.9. The fourth-order valence-electron chi connectivity index (χ4n) is 3.72. The average molecular weight is 264 g/mol. The summed E-state index contributed by atoms with van der Waals surface area (Å²) in [4.78, 5) is 0. The Bertz CT molecular complexity index is 586. The Morgan fingerprint density at radius 2 is 1.50 bits per heavy atom. The minimum atomic E-state index is -0.185. The zero-order valence-electron chi connectivity index (χ0n) is 11.6. The van der Waals surface area contributed by atoms with Crippen molar-refractivity contribution in [2.45, 2.75) is 36.7 Å². The minimum absolute atomic E-state index is 0.0510. The van der Waals surface area contributed by atoms with E-state index in [2.05, 4.69) is 60.7 Å². The van der Waals surface area contributed by atoms with Crippen LogP contribution in [0, 0.1) is 5.92 Å². The largest absolute Gasteiger partial charge is 0.392 e. The highest BCUT2D eigenvalue weighted by atomic mass is 16.3. The standard InChI is InChI=1S/C19H20O/c20-18(17-13-16(17)14-7-3-1-4-8-14)19(11-12-19)15-9-5-2-6-10-15/h1-10,16-18,20H,11-13H2. The van der Waals surface area contributed by atoms with Crippen LogP contribution < -0.4 is 0 Å². The van der Waals surface area contributed by atoms with Gasteiger partial charge in [0, 0.05) is 5.41 Å². The molecule has 0 aliphatic heterocycles. The molecule has 0 amide bonds. The topological polar surface area (TPSA) is 20.2 Å². The summed E-state index contributed by atoms with van der Waals surface area (Å²) >= 11 is 0. The Labute approximate surface area is 120 Å². The van der Waals surface area contributed by atoms with Crippen molar-refractivity contribution in [2.75, 3.05) is 0 Å². The van der Waals surface area contributed by atoms with Crippen LogP contribution in [0.1, 0.15) is 36.3 Å². The fraction of sp³-hybridized carbons (Fsp3) is 0.368. The number of rotatable bonds is 4. The fourth-order valence-corrected chi connectivity index (χ4v) is 3.72. The van der Waals surface area contributed by atoms with E-state index in [9.17, 15) is 5.11 Å². The lowest BCUT2D eigenvalue weighted by Crippen LogP contribution is -2.28. The molecule has 20 heavy (non-hydrogen) atoms. The van der Waals surface area contributed by atoms with Gasteiger partial charge in [0.25, 0.3) is 0 Å². The van der Waals surface area contributed by atoms with E-state index in [1.807, 2.05) is 0 Å². The quantitative estimate of drug-likeness (QED) is 0.888. The van der Waals surface area contributed by atoms with E-state index in [-0.39, 0.29) is 11.5 Å². The van der Waals surface area contributed by atoms with Gasteiger partial charge >= 0.3 is 0 Å². The molecule has 2 aliphatic carbocycles. The van der Waals surface area contributed by atoms with E-state index in [0.29, 0.717) is 11.8 Å². The average Bonchev–Trinajstić information content (AvgIpc) is 3.41. The number of benzene rings is 2. The van der Waals surface area contributed by atoms with Gasteiger partial charge in [-0.05, 0) is 42.2 Å². The lowest BCUT2D eigenvalue weighted by atomic mass is 9.86. The highest BCUT2D eigenvalue weighted by molar-refractivity contribution is 5.36. The zero-order chi connectivity index (χ0) is 13.6. The molecule has 1 N–H and O–H groups in total. The first kappa shape index (κ1) is 12.2. The monoisotopic (exact) mass is 264 g/mol. The first-order valence-corrected chi connectivity index (χ1v) is 7.60. The second-order valence-electron chi connectivity index (χ2n) is 6.38. The predicted octanol–water partition coefficient (Wildman–Crippen LogP) is 3.88. The van der Waals surface area contributed by atoms with E-state index < -0.39 is 0 Å². The van der Waals surface area contributed by atoms with Crippen molar-refractivity contribution >= 4 is 0 Å². The molecule has 4 rings (SSSR count). The van der Waals surface area contributed by atoms with Gasteiger partial charge < -0.3 is 5.11 Å². The van der Waals surface area contributed by atoms with Crippen LogP contribution in [0.15, 0.2) is 60.7 Å². The number of aliphatic hydroxyl groups excluding tert-OH is 1. The van der Waals surface area contributed by atoms with Crippen molar-refractivity contribution in [3.63, 3.8) is 0 Å². The molecule has 2 saturated carbocycles. The molecule has 102 valence electrons. The molecule has 0 radical (unpaired) electrons. The van der Waals surface area contributed by atoms with Crippen LogP contribution in [0.4, 0.5) is 0 Å².